The minimum absolute atomic E-state index is 0.00890. The standard InChI is InChI=1S/C26H17ClN2O3S2/c27-19-8-5-15(6-9-19)14-32-21-10-7-17(23-13-16-3-1-2-4-22(16)34-23)11-18(21)12-20-24(30)28-26(33)29-25(20)31/h1-13H,14H2,(H2,28,29,30,31,33). The Morgan fingerprint density at radius 2 is 1.68 bits per heavy atom. The second-order valence-corrected chi connectivity index (χ2v) is 9.54. The lowest BCUT2D eigenvalue weighted by Crippen LogP contribution is -2.51. The number of hydrogen-bond donors (Lipinski definition) is 2. The molecule has 5 nitrogen and oxygen atoms in total. The van der Waals surface area contributed by atoms with Crippen LogP contribution in [0.15, 0.2) is 78.4 Å². The molecule has 0 radical (unpaired) electrons. The summed E-state index contributed by atoms with van der Waals surface area (Å²) in [4.78, 5) is 25.9. The van der Waals surface area contributed by atoms with Crippen LogP contribution in [0.3, 0.4) is 0 Å². The number of ether oxygens (including phenoxy) is 1. The maximum atomic E-state index is 12.4. The summed E-state index contributed by atoms with van der Waals surface area (Å²) in [6.45, 7) is 0.304. The lowest BCUT2D eigenvalue weighted by molar-refractivity contribution is -0.123. The number of carbonyl (C=O) groups excluding carboxylic acids is 2. The number of thiophene rings is 1. The van der Waals surface area contributed by atoms with Gasteiger partial charge in [0.2, 0.25) is 0 Å². The first-order chi connectivity index (χ1) is 16.5. The first-order valence-corrected chi connectivity index (χ1v) is 12.0. The first kappa shape index (κ1) is 22.3. The normalized spacial score (nSPS) is 13.6. The van der Waals surface area contributed by atoms with Crippen LogP contribution in [0.4, 0.5) is 0 Å². The number of fused-ring (bicyclic) bond motifs is 1. The van der Waals surface area contributed by atoms with E-state index in [0.717, 1.165) is 21.4 Å². The monoisotopic (exact) mass is 504 g/mol. The summed E-state index contributed by atoms with van der Waals surface area (Å²) < 4.78 is 7.25. The van der Waals surface area contributed by atoms with Crippen molar-refractivity contribution in [3.05, 3.63) is 94.5 Å². The summed E-state index contributed by atoms with van der Waals surface area (Å²) in [5.41, 5.74) is 2.46. The Bertz CT molecular complexity index is 1420. The van der Waals surface area contributed by atoms with Crippen LogP contribution in [-0.2, 0) is 16.2 Å². The smallest absolute Gasteiger partial charge is 0.263 e. The Morgan fingerprint density at radius 1 is 0.941 bits per heavy atom. The Kier molecular flexibility index (Phi) is 6.15. The Hall–Kier alpha value is -3.52. The van der Waals surface area contributed by atoms with E-state index in [1.165, 1.54) is 10.8 Å². The van der Waals surface area contributed by atoms with Crippen molar-refractivity contribution in [1.29, 1.82) is 0 Å². The molecule has 0 bridgehead atoms. The molecule has 0 aliphatic carbocycles. The van der Waals surface area contributed by atoms with Crippen molar-refractivity contribution >= 4 is 68.2 Å². The fourth-order valence-corrected chi connectivity index (χ4v) is 4.94. The molecule has 34 heavy (non-hydrogen) atoms. The summed E-state index contributed by atoms with van der Waals surface area (Å²) in [5.74, 6) is -0.560. The molecule has 8 heteroatoms. The van der Waals surface area contributed by atoms with Crippen LogP contribution in [0.2, 0.25) is 5.02 Å². The average molecular weight is 505 g/mol. The van der Waals surface area contributed by atoms with Crippen LogP contribution in [-0.4, -0.2) is 16.9 Å². The van der Waals surface area contributed by atoms with Crippen molar-refractivity contribution < 1.29 is 14.3 Å². The fourth-order valence-electron chi connectivity index (χ4n) is 3.57. The summed E-state index contributed by atoms with van der Waals surface area (Å²) >= 11 is 12.5. The topological polar surface area (TPSA) is 67.4 Å². The van der Waals surface area contributed by atoms with Crippen LogP contribution < -0.4 is 15.4 Å². The van der Waals surface area contributed by atoms with Gasteiger partial charge in [-0.05, 0) is 77.3 Å². The molecule has 1 saturated heterocycles. The van der Waals surface area contributed by atoms with Gasteiger partial charge in [-0.25, -0.2) is 0 Å². The third kappa shape index (κ3) is 4.72. The van der Waals surface area contributed by atoms with Gasteiger partial charge in [0.15, 0.2) is 5.11 Å². The molecule has 3 aromatic carbocycles. The van der Waals surface area contributed by atoms with Crippen molar-refractivity contribution in [3.63, 3.8) is 0 Å². The third-order valence-corrected chi connectivity index (χ3v) is 6.89. The predicted octanol–water partition coefficient (Wildman–Crippen LogP) is 5.72. The maximum Gasteiger partial charge on any atom is 0.263 e. The molecule has 5 rings (SSSR count). The molecule has 0 unspecified atom stereocenters. The minimum Gasteiger partial charge on any atom is -0.488 e. The van der Waals surface area contributed by atoms with Gasteiger partial charge in [-0.3, -0.25) is 20.2 Å². The van der Waals surface area contributed by atoms with Crippen LogP contribution in [0.1, 0.15) is 11.1 Å². The average Bonchev–Trinajstić information content (AvgIpc) is 3.26. The quantitative estimate of drug-likeness (QED) is 0.207. The molecule has 1 aliphatic rings. The number of amides is 2. The van der Waals surface area contributed by atoms with Gasteiger partial charge in [0.25, 0.3) is 11.8 Å². The highest BCUT2D eigenvalue weighted by atomic mass is 35.5. The van der Waals surface area contributed by atoms with Gasteiger partial charge >= 0.3 is 0 Å². The molecule has 2 heterocycles. The van der Waals surface area contributed by atoms with E-state index in [9.17, 15) is 9.59 Å². The molecule has 168 valence electrons. The van der Waals surface area contributed by atoms with Gasteiger partial charge < -0.3 is 4.74 Å². The van der Waals surface area contributed by atoms with Gasteiger partial charge in [-0.1, -0.05) is 41.9 Å². The molecule has 1 aromatic heterocycles. The highest BCUT2D eigenvalue weighted by Crippen LogP contribution is 2.36. The lowest BCUT2D eigenvalue weighted by Gasteiger charge is -2.17. The van der Waals surface area contributed by atoms with E-state index in [2.05, 4.69) is 28.8 Å². The summed E-state index contributed by atoms with van der Waals surface area (Å²) in [6.07, 6.45) is 1.53. The molecule has 1 aliphatic heterocycles. The van der Waals surface area contributed by atoms with Crippen molar-refractivity contribution in [1.82, 2.24) is 10.6 Å². The van der Waals surface area contributed by atoms with Gasteiger partial charge in [-0.2, -0.15) is 0 Å². The molecule has 4 aromatic rings. The zero-order chi connectivity index (χ0) is 23.7. The molecule has 0 spiro atoms. The summed E-state index contributed by atoms with van der Waals surface area (Å²) in [5, 5.41) is 6.73. The number of hydrogen-bond acceptors (Lipinski definition) is 5. The second kappa shape index (κ2) is 9.38. The highest BCUT2D eigenvalue weighted by Gasteiger charge is 2.26. The summed E-state index contributed by atoms with van der Waals surface area (Å²) in [6, 6.07) is 23.4. The van der Waals surface area contributed by atoms with E-state index in [1.54, 1.807) is 23.5 Å². The Labute approximate surface area is 210 Å². The molecule has 1 fully saturated rings. The van der Waals surface area contributed by atoms with Crippen LogP contribution >= 0.6 is 35.2 Å². The van der Waals surface area contributed by atoms with Crippen LogP contribution in [0, 0.1) is 0 Å². The van der Waals surface area contributed by atoms with Gasteiger partial charge in [0.1, 0.15) is 17.9 Å². The zero-order valence-corrected chi connectivity index (χ0v) is 20.0. The first-order valence-electron chi connectivity index (χ1n) is 10.3. The molecule has 0 atom stereocenters. The maximum absolute atomic E-state index is 12.4. The largest absolute Gasteiger partial charge is 0.488 e. The van der Waals surface area contributed by atoms with Gasteiger partial charge in [-0.15, -0.1) is 11.3 Å². The van der Waals surface area contributed by atoms with Crippen molar-refractivity contribution in [2.24, 2.45) is 0 Å². The number of nitrogens with one attached hydrogen (secondary N) is 2. The molecular weight excluding hydrogens is 488 g/mol. The van der Waals surface area contributed by atoms with Crippen LogP contribution in [0.25, 0.3) is 26.6 Å². The molecule has 2 amide bonds. The van der Waals surface area contributed by atoms with E-state index < -0.39 is 11.8 Å². The van der Waals surface area contributed by atoms with Gasteiger partial charge in [0, 0.05) is 20.2 Å². The molecule has 0 saturated carbocycles. The zero-order valence-electron chi connectivity index (χ0n) is 17.6. The predicted molar refractivity (Wildman–Crippen MR) is 140 cm³/mol. The Balaban J connectivity index is 1.54. The lowest BCUT2D eigenvalue weighted by atomic mass is 10.0. The highest BCUT2D eigenvalue weighted by molar-refractivity contribution is 7.80. The Morgan fingerprint density at radius 3 is 2.41 bits per heavy atom. The second-order valence-electron chi connectivity index (χ2n) is 7.61. The molecule has 2 N–H and O–H groups in total. The van der Waals surface area contributed by atoms with E-state index in [-0.39, 0.29) is 10.7 Å². The number of rotatable bonds is 5. The summed E-state index contributed by atoms with van der Waals surface area (Å²) in [7, 11) is 0. The van der Waals surface area contributed by atoms with E-state index in [1.807, 2.05) is 42.5 Å². The molecular formula is C26H17ClN2O3S2. The fraction of sp³-hybridized carbons (Fsp3) is 0.0385. The third-order valence-electron chi connectivity index (χ3n) is 5.27. The SMILES string of the molecule is O=C1NC(=S)NC(=O)C1=Cc1cc(-c2cc3ccccc3s2)ccc1OCc1ccc(Cl)cc1. The van der Waals surface area contributed by atoms with E-state index in [4.69, 9.17) is 28.6 Å². The number of benzene rings is 3. The number of halogens is 1. The van der Waals surface area contributed by atoms with Crippen molar-refractivity contribution in [3.8, 4) is 16.2 Å². The van der Waals surface area contributed by atoms with Crippen molar-refractivity contribution in [2.45, 2.75) is 6.61 Å². The number of carbonyl (C=O) groups is 2. The van der Waals surface area contributed by atoms with Gasteiger partial charge in [0.05, 0.1) is 0 Å². The van der Waals surface area contributed by atoms with E-state index >= 15 is 0 Å². The van der Waals surface area contributed by atoms with Crippen LogP contribution in [0.5, 0.6) is 5.75 Å². The minimum atomic E-state index is -0.551. The van der Waals surface area contributed by atoms with Crippen molar-refractivity contribution in [2.75, 3.05) is 0 Å². The van der Waals surface area contributed by atoms with E-state index in [0.29, 0.717) is 22.9 Å². The number of thiocarbonyl (C=S) groups is 1.